The van der Waals surface area contributed by atoms with Crippen LogP contribution in [0, 0.1) is 0 Å². The highest BCUT2D eigenvalue weighted by Crippen LogP contribution is 2.26. The molecule has 0 fully saturated rings. The largest absolute Gasteiger partial charge is 0.399 e. The Morgan fingerprint density at radius 2 is 1.71 bits per heavy atom. The van der Waals surface area contributed by atoms with Crippen molar-refractivity contribution in [2.45, 2.75) is 36.8 Å². The smallest absolute Gasteiger partial charge is 0.0598 e. The van der Waals surface area contributed by atoms with Crippen molar-refractivity contribution in [1.29, 1.82) is 0 Å². The predicted octanol–water partition coefficient (Wildman–Crippen LogP) is 4.53. The average Bonchev–Trinajstić information content (AvgIpc) is 2.41. The summed E-state index contributed by atoms with van der Waals surface area (Å²) in [6.45, 7) is 6.52. The van der Waals surface area contributed by atoms with Crippen molar-refractivity contribution >= 4 is 28.1 Å². The van der Waals surface area contributed by atoms with E-state index in [9.17, 15) is 4.21 Å². The van der Waals surface area contributed by atoms with Crippen LogP contribution in [0.1, 0.15) is 31.9 Å². The van der Waals surface area contributed by atoms with Gasteiger partial charge in [0.15, 0.2) is 0 Å². The van der Waals surface area contributed by atoms with Crippen molar-refractivity contribution in [1.82, 2.24) is 0 Å². The van der Waals surface area contributed by atoms with E-state index in [1.165, 1.54) is 5.56 Å². The zero-order valence-electron chi connectivity index (χ0n) is 12.5. The Morgan fingerprint density at radius 1 is 1.10 bits per heavy atom. The van der Waals surface area contributed by atoms with Crippen LogP contribution in [-0.2, 0) is 22.0 Å². The molecular weight excluding hydrogens is 302 g/mol. The second kappa shape index (κ2) is 6.20. The van der Waals surface area contributed by atoms with E-state index in [0.717, 1.165) is 5.56 Å². The van der Waals surface area contributed by atoms with Crippen LogP contribution in [-0.4, -0.2) is 4.21 Å². The first-order chi connectivity index (χ1) is 9.77. The summed E-state index contributed by atoms with van der Waals surface area (Å²) in [4.78, 5) is 0.594. The Kier molecular flexibility index (Phi) is 4.74. The van der Waals surface area contributed by atoms with E-state index in [-0.39, 0.29) is 5.41 Å². The molecule has 0 aliphatic rings. The lowest BCUT2D eigenvalue weighted by Crippen LogP contribution is -2.10. The Bertz CT molecular complexity index is 659. The first-order valence-corrected chi connectivity index (χ1v) is 8.50. The van der Waals surface area contributed by atoms with Crippen LogP contribution < -0.4 is 5.73 Å². The molecular formula is C17H20ClNOS. The summed E-state index contributed by atoms with van der Waals surface area (Å²) < 4.78 is 12.4. The standard InChI is InChI=1S/C17H20ClNOS/c1-17(2,3)13-6-4-12(5-7-13)11-21(20)16-10-14(19)8-9-15(16)18/h4-10H,11,19H2,1-3H3. The fourth-order valence-corrected chi connectivity index (χ4v) is 3.60. The Morgan fingerprint density at radius 3 is 2.29 bits per heavy atom. The molecule has 4 heteroatoms. The number of hydrogen-bond acceptors (Lipinski definition) is 2. The maximum atomic E-state index is 12.4. The molecule has 2 nitrogen and oxygen atoms in total. The summed E-state index contributed by atoms with van der Waals surface area (Å²) in [5, 5.41) is 0.494. The maximum Gasteiger partial charge on any atom is 0.0598 e. The van der Waals surface area contributed by atoms with E-state index < -0.39 is 10.8 Å². The number of halogens is 1. The molecule has 0 spiro atoms. The summed E-state index contributed by atoms with van der Waals surface area (Å²) in [7, 11) is -1.20. The quantitative estimate of drug-likeness (QED) is 0.844. The van der Waals surface area contributed by atoms with Crippen molar-refractivity contribution in [3.8, 4) is 0 Å². The molecule has 0 heterocycles. The second-order valence-electron chi connectivity index (χ2n) is 6.13. The lowest BCUT2D eigenvalue weighted by molar-refractivity contribution is 0.590. The van der Waals surface area contributed by atoms with Gasteiger partial charge in [0.05, 0.1) is 26.5 Å². The minimum Gasteiger partial charge on any atom is -0.399 e. The van der Waals surface area contributed by atoms with Gasteiger partial charge in [-0.2, -0.15) is 0 Å². The molecule has 0 aliphatic heterocycles. The van der Waals surface area contributed by atoms with Gasteiger partial charge in [-0.05, 0) is 34.7 Å². The van der Waals surface area contributed by atoms with Crippen LogP contribution in [0.5, 0.6) is 0 Å². The molecule has 2 aromatic rings. The number of nitrogens with two attached hydrogens (primary N) is 1. The van der Waals surface area contributed by atoms with Gasteiger partial charge in [-0.3, -0.25) is 4.21 Å². The number of rotatable bonds is 3. The fourth-order valence-electron chi connectivity index (χ4n) is 2.02. The molecule has 2 aromatic carbocycles. The fraction of sp³-hybridized carbons (Fsp3) is 0.294. The molecule has 0 aromatic heterocycles. The van der Waals surface area contributed by atoms with Gasteiger partial charge in [0.2, 0.25) is 0 Å². The predicted molar refractivity (Wildman–Crippen MR) is 91.1 cm³/mol. The summed E-state index contributed by atoms with van der Waals surface area (Å²) in [6, 6.07) is 13.3. The highest BCUT2D eigenvalue weighted by molar-refractivity contribution is 7.84. The van der Waals surface area contributed by atoms with E-state index >= 15 is 0 Å². The number of anilines is 1. The molecule has 2 N–H and O–H groups in total. The molecule has 1 unspecified atom stereocenters. The van der Waals surface area contributed by atoms with Gasteiger partial charge in [0.25, 0.3) is 0 Å². The normalized spacial score (nSPS) is 13.1. The third kappa shape index (κ3) is 4.08. The summed E-state index contributed by atoms with van der Waals surface area (Å²) in [6.07, 6.45) is 0. The maximum absolute atomic E-state index is 12.4. The molecule has 2 rings (SSSR count). The van der Waals surface area contributed by atoms with Crippen LogP contribution in [0.2, 0.25) is 5.02 Å². The molecule has 0 aliphatic carbocycles. The first kappa shape index (κ1) is 16.1. The van der Waals surface area contributed by atoms with Gasteiger partial charge >= 0.3 is 0 Å². The van der Waals surface area contributed by atoms with E-state index in [1.54, 1.807) is 18.2 Å². The average molecular weight is 322 g/mol. The van der Waals surface area contributed by atoms with Gasteiger partial charge in [-0.25, -0.2) is 0 Å². The van der Waals surface area contributed by atoms with E-state index in [0.29, 0.717) is 21.4 Å². The van der Waals surface area contributed by atoms with Gasteiger partial charge < -0.3 is 5.73 Å². The van der Waals surface area contributed by atoms with Crippen molar-refractivity contribution in [2.24, 2.45) is 0 Å². The monoisotopic (exact) mass is 321 g/mol. The van der Waals surface area contributed by atoms with Crippen LogP contribution >= 0.6 is 11.6 Å². The van der Waals surface area contributed by atoms with E-state index in [1.807, 2.05) is 12.1 Å². The first-order valence-electron chi connectivity index (χ1n) is 6.80. The molecule has 0 saturated heterocycles. The van der Waals surface area contributed by atoms with Crippen LogP contribution in [0.4, 0.5) is 5.69 Å². The van der Waals surface area contributed by atoms with E-state index in [2.05, 4.69) is 32.9 Å². The topological polar surface area (TPSA) is 43.1 Å². The van der Waals surface area contributed by atoms with Crippen molar-refractivity contribution in [3.63, 3.8) is 0 Å². The van der Waals surface area contributed by atoms with Crippen molar-refractivity contribution in [2.75, 3.05) is 5.73 Å². The summed E-state index contributed by atoms with van der Waals surface area (Å²) in [5.74, 6) is 0.438. The summed E-state index contributed by atoms with van der Waals surface area (Å²) >= 11 is 6.09. The molecule has 21 heavy (non-hydrogen) atoms. The van der Waals surface area contributed by atoms with Gasteiger partial charge in [-0.1, -0.05) is 56.6 Å². The van der Waals surface area contributed by atoms with Crippen LogP contribution in [0.3, 0.4) is 0 Å². The summed E-state index contributed by atoms with van der Waals surface area (Å²) in [5.41, 5.74) is 8.72. The highest BCUT2D eigenvalue weighted by atomic mass is 35.5. The third-order valence-corrected chi connectivity index (χ3v) is 5.18. The van der Waals surface area contributed by atoms with Crippen molar-refractivity contribution < 1.29 is 4.21 Å². The van der Waals surface area contributed by atoms with Crippen LogP contribution in [0.15, 0.2) is 47.4 Å². The molecule has 112 valence electrons. The lowest BCUT2D eigenvalue weighted by atomic mass is 9.87. The molecule has 0 amide bonds. The minimum atomic E-state index is -1.20. The van der Waals surface area contributed by atoms with Crippen LogP contribution in [0.25, 0.3) is 0 Å². The molecule has 0 bridgehead atoms. The third-order valence-electron chi connectivity index (χ3n) is 3.32. The zero-order valence-corrected chi connectivity index (χ0v) is 14.1. The van der Waals surface area contributed by atoms with Crippen molar-refractivity contribution in [3.05, 3.63) is 58.6 Å². The molecule has 0 radical (unpaired) electrons. The SMILES string of the molecule is CC(C)(C)c1ccc(CS(=O)c2cc(N)ccc2Cl)cc1. The Labute approximate surface area is 133 Å². The molecule has 1 atom stereocenters. The van der Waals surface area contributed by atoms with Gasteiger partial charge in [0.1, 0.15) is 0 Å². The van der Waals surface area contributed by atoms with E-state index in [4.69, 9.17) is 17.3 Å². The number of benzene rings is 2. The number of nitrogen functional groups attached to an aromatic ring is 1. The second-order valence-corrected chi connectivity index (χ2v) is 7.95. The molecule has 0 saturated carbocycles. The lowest BCUT2D eigenvalue weighted by Gasteiger charge is -2.19. The van der Waals surface area contributed by atoms with Gasteiger partial charge in [0, 0.05) is 5.69 Å². The Balaban J connectivity index is 2.18. The highest BCUT2D eigenvalue weighted by Gasteiger charge is 2.14. The van der Waals surface area contributed by atoms with Gasteiger partial charge in [-0.15, -0.1) is 0 Å². The number of hydrogen-bond donors (Lipinski definition) is 1. The zero-order chi connectivity index (χ0) is 15.6. The minimum absolute atomic E-state index is 0.120. The Hall–Kier alpha value is -1.32.